The normalized spacial score (nSPS) is 13.8. The minimum absolute atomic E-state index is 0.164. The van der Waals surface area contributed by atoms with Gasteiger partial charge in [-0.2, -0.15) is 5.10 Å². The standard InChI is InChI=1S/C24H19F5N6OS/c1-15-10-16(2)22(34-8-9-35-23(34)13-20(33-35)21-14-30-6-7-31-21)12-19(15)32-24(36)17-4-3-5-18(11-17)37(25,26,27,28)29/h3-14H,1-2H3,(H,32,36). The molecule has 0 saturated heterocycles. The van der Waals surface area contributed by atoms with Crippen LogP contribution in [-0.4, -0.2) is 30.1 Å². The molecule has 5 aromatic rings. The molecule has 0 fully saturated rings. The van der Waals surface area contributed by atoms with Crippen LogP contribution in [0.4, 0.5) is 25.1 Å². The van der Waals surface area contributed by atoms with Crippen LogP contribution in [-0.2, 0) is 0 Å². The van der Waals surface area contributed by atoms with Gasteiger partial charge in [0, 0.05) is 42.1 Å². The van der Waals surface area contributed by atoms with Gasteiger partial charge in [0.15, 0.2) is 0 Å². The summed E-state index contributed by atoms with van der Waals surface area (Å²) in [5, 5.41) is 7.05. The number of aromatic nitrogens is 5. The lowest BCUT2D eigenvalue weighted by atomic mass is 10.1. The highest BCUT2D eigenvalue weighted by molar-refractivity contribution is 8.45. The van der Waals surface area contributed by atoms with Crippen LogP contribution in [0.25, 0.3) is 22.7 Å². The van der Waals surface area contributed by atoms with Gasteiger partial charge in [-0.1, -0.05) is 31.6 Å². The van der Waals surface area contributed by atoms with Crippen molar-refractivity contribution in [3.05, 3.63) is 90.1 Å². The van der Waals surface area contributed by atoms with Gasteiger partial charge in [0.1, 0.15) is 21.9 Å². The first-order valence-corrected chi connectivity index (χ1v) is 12.7. The maximum Gasteiger partial charge on any atom is 0.310 e. The van der Waals surface area contributed by atoms with Crippen molar-refractivity contribution in [3.63, 3.8) is 0 Å². The van der Waals surface area contributed by atoms with E-state index >= 15 is 0 Å². The highest BCUT2D eigenvalue weighted by Gasteiger charge is 2.65. The molecule has 13 heteroatoms. The van der Waals surface area contributed by atoms with E-state index in [0.717, 1.165) is 17.7 Å². The monoisotopic (exact) mass is 534 g/mol. The highest BCUT2D eigenvalue weighted by Crippen LogP contribution is 3.02. The molecule has 0 saturated carbocycles. The first-order chi connectivity index (χ1) is 17.2. The van der Waals surface area contributed by atoms with Crippen molar-refractivity contribution in [1.29, 1.82) is 0 Å². The number of imidazole rings is 1. The molecule has 0 atom stereocenters. The van der Waals surface area contributed by atoms with Gasteiger partial charge in [-0.25, -0.2) is 4.52 Å². The summed E-state index contributed by atoms with van der Waals surface area (Å²) in [5.74, 6) is -0.950. The van der Waals surface area contributed by atoms with Crippen LogP contribution in [0, 0.1) is 13.8 Å². The molecule has 0 aliphatic carbocycles. The van der Waals surface area contributed by atoms with E-state index in [0.29, 0.717) is 34.0 Å². The molecule has 0 unspecified atom stereocenters. The Bertz CT molecular complexity index is 1680. The summed E-state index contributed by atoms with van der Waals surface area (Å²) in [7, 11) is -9.93. The molecule has 3 heterocycles. The molecule has 2 aromatic carbocycles. The van der Waals surface area contributed by atoms with Gasteiger partial charge in [0.05, 0.1) is 11.9 Å². The topological polar surface area (TPSA) is 77.1 Å². The van der Waals surface area contributed by atoms with Gasteiger partial charge in [0.25, 0.3) is 5.91 Å². The molecule has 0 radical (unpaired) electrons. The van der Waals surface area contributed by atoms with E-state index in [2.05, 4.69) is 20.4 Å². The summed E-state index contributed by atoms with van der Waals surface area (Å²) in [6.07, 6.45) is 8.20. The van der Waals surface area contributed by atoms with Crippen LogP contribution in [0.5, 0.6) is 0 Å². The number of nitrogens with zero attached hydrogens (tertiary/aromatic N) is 5. The summed E-state index contributed by atoms with van der Waals surface area (Å²) < 4.78 is 69.6. The number of benzene rings is 2. The zero-order chi connectivity index (χ0) is 26.7. The number of nitrogens with one attached hydrogen (secondary N) is 1. The molecule has 1 amide bonds. The molecule has 0 bridgehead atoms. The molecule has 0 spiro atoms. The lowest BCUT2D eigenvalue weighted by molar-refractivity contribution is 0.102. The van der Waals surface area contributed by atoms with Gasteiger partial charge >= 0.3 is 10.2 Å². The first kappa shape index (κ1) is 24.4. The zero-order valence-electron chi connectivity index (χ0n) is 19.4. The number of fused-ring (bicyclic) bond motifs is 1. The third kappa shape index (κ3) is 4.77. The van der Waals surface area contributed by atoms with Crippen molar-refractivity contribution >= 4 is 27.5 Å². The lowest BCUT2D eigenvalue weighted by Gasteiger charge is -2.40. The Morgan fingerprint density at radius 3 is 2.41 bits per heavy atom. The summed E-state index contributed by atoms with van der Waals surface area (Å²) >= 11 is 0. The van der Waals surface area contributed by atoms with Gasteiger partial charge in [-0.15, -0.1) is 0 Å². The number of rotatable bonds is 5. The molecule has 192 valence electrons. The number of hydrogen-bond acceptors (Lipinski definition) is 4. The van der Waals surface area contributed by atoms with Crippen molar-refractivity contribution in [1.82, 2.24) is 24.1 Å². The maximum atomic E-state index is 13.2. The number of amides is 1. The Kier molecular flexibility index (Phi) is 5.03. The van der Waals surface area contributed by atoms with Crippen LogP contribution in [0.1, 0.15) is 21.5 Å². The predicted molar refractivity (Wildman–Crippen MR) is 131 cm³/mol. The summed E-state index contributed by atoms with van der Waals surface area (Å²) in [6, 6.07) is 7.51. The fourth-order valence-electron chi connectivity index (χ4n) is 3.95. The highest BCUT2D eigenvalue weighted by atomic mass is 32.5. The SMILES string of the molecule is Cc1cc(C)c(-n2ccn3nc(-c4cnccn4)cc23)cc1NC(=O)c1cccc(S(F)(F)(F)(F)F)c1. The Morgan fingerprint density at radius 2 is 1.70 bits per heavy atom. The van der Waals surface area contributed by atoms with E-state index in [-0.39, 0.29) is 12.1 Å². The smallest absolute Gasteiger partial charge is 0.310 e. The largest absolute Gasteiger partial charge is 0.322 e. The summed E-state index contributed by atoms with van der Waals surface area (Å²) in [4.78, 5) is 18.9. The van der Waals surface area contributed by atoms with E-state index in [1.165, 1.54) is 0 Å². The van der Waals surface area contributed by atoms with Crippen LogP contribution in [0.3, 0.4) is 0 Å². The summed E-state index contributed by atoms with van der Waals surface area (Å²) in [6.45, 7) is 3.58. The van der Waals surface area contributed by atoms with Crippen molar-refractivity contribution < 1.29 is 24.2 Å². The second-order valence-corrected chi connectivity index (χ2v) is 10.9. The molecule has 7 nitrogen and oxygen atoms in total. The van der Waals surface area contributed by atoms with E-state index in [4.69, 9.17) is 0 Å². The number of carbonyl (C=O) groups is 1. The second kappa shape index (κ2) is 7.62. The van der Waals surface area contributed by atoms with Crippen molar-refractivity contribution in [2.75, 3.05) is 5.32 Å². The fraction of sp³-hybridized carbons (Fsp3) is 0.0833. The van der Waals surface area contributed by atoms with E-state index in [9.17, 15) is 24.2 Å². The number of hydrogen-bond donors (Lipinski definition) is 1. The van der Waals surface area contributed by atoms with E-state index in [1.54, 1.807) is 54.6 Å². The van der Waals surface area contributed by atoms with Crippen LogP contribution in [0.2, 0.25) is 0 Å². The fourth-order valence-corrected chi connectivity index (χ4v) is 4.63. The average molecular weight is 535 g/mol. The number of carbonyl (C=O) groups excluding carboxylic acids is 1. The van der Waals surface area contributed by atoms with Crippen LogP contribution >= 0.6 is 10.2 Å². The Morgan fingerprint density at radius 1 is 0.919 bits per heavy atom. The predicted octanol–water partition coefficient (Wildman–Crippen LogP) is 7.11. The molecule has 1 N–H and O–H groups in total. The minimum atomic E-state index is -9.93. The van der Waals surface area contributed by atoms with Crippen molar-refractivity contribution in [2.45, 2.75) is 18.7 Å². The molecule has 0 aliphatic heterocycles. The number of anilines is 1. The average Bonchev–Trinajstić information content (AvgIpc) is 3.41. The lowest BCUT2D eigenvalue weighted by Crippen LogP contribution is -2.15. The Labute approximate surface area is 207 Å². The number of aryl methyl sites for hydroxylation is 2. The Hall–Kier alpha value is -4.26. The molecule has 5 rings (SSSR count). The first-order valence-electron chi connectivity index (χ1n) is 10.8. The third-order valence-corrected chi connectivity index (χ3v) is 6.88. The van der Waals surface area contributed by atoms with Crippen molar-refractivity contribution in [3.8, 4) is 17.1 Å². The maximum absolute atomic E-state index is 13.2. The van der Waals surface area contributed by atoms with Gasteiger partial charge < -0.3 is 5.32 Å². The molecule has 37 heavy (non-hydrogen) atoms. The van der Waals surface area contributed by atoms with Gasteiger partial charge in [0.2, 0.25) is 0 Å². The number of halogens is 5. The van der Waals surface area contributed by atoms with Gasteiger partial charge in [-0.05, 0) is 49.2 Å². The minimum Gasteiger partial charge on any atom is -0.322 e. The zero-order valence-corrected chi connectivity index (χ0v) is 20.2. The molecule has 0 aliphatic rings. The van der Waals surface area contributed by atoms with Crippen LogP contribution in [0.15, 0.2) is 78.3 Å². The van der Waals surface area contributed by atoms with Gasteiger partial charge in [-0.3, -0.25) is 19.3 Å². The van der Waals surface area contributed by atoms with Crippen LogP contribution < -0.4 is 5.32 Å². The Balaban J connectivity index is 1.50. The molecular weight excluding hydrogens is 515 g/mol. The van der Waals surface area contributed by atoms with E-state index < -0.39 is 26.6 Å². The third-order valence-electron chi connectivity index (χ3n) is 5.74. The second-order valence-electron chi connectivity index (χ2n) is 8.50. The molecule has 3 aromatic heterocycles. The quantitative estimate of drug-likeness (QED) is 0.244. The van der Waals surface area contributed by atoms with Crippen molar-refractivity contribution in [2.24, 2.45) is 0 Å². The van der Waals surface area contributed by atoms with E-state index in [1.807, 2.05) is 17.6 Å². The molecular formula is C24H19F5N6OS. The summed E-state index contributed by atoms with van der Waals surface area (Å²) in [5.41, 5.74) is 3.79.